The first kappa shape index (κ1) is 14.1. The van der Waals surface area contributed by atoms with Crippen molar-refractivity contribution in [2.45, 2.75) is 33.4 Å². The minimum Gasteiger partial charge on any atom is -0.393 e. The van der Waals surface area contributed by atoms with Crippen molar-refractivity contribution in [2.24, 2.45) is 7.05 Å². The number of hydrogen-bond acceptors (Lipinski definition) is 4. The highest BCUT2D eigenvalue weighted by Gasteiger charge is 2.11. The summed E-state index contributed by atoms with van der Waals surface area (Å²) in [4.78, 5) is 24.4. The average Bonchev–Trinajstić information content (AvgIpc) is 2.70. The van der Waals surface area contributed by atoms with Crippen LogP contribution in [0.25, 0.3) is 0 Å². The van der Waals surface area contributed by atoms with Gasteiger partial charge < -0.3 is 5.73 Å². The van der Waals surface area contributed by atoms with Crippen LogP contribution in [0, 0.1) is 6.92 Å². The van der Waals surface area contributed by atoms with Crippen LogP contribution in [0.2, 0.25) is 0 Å². The molecule has 0 amide bonds. The molecule has 0 aliphatic carbocycles. The van der Waals surface area contributed by atoms with Gasteiger partial charge in [0.1, 0.15) is 5.69 Å². The number of aromatic nitrogens is 4. The Morgan fingerprint density at radius 3 is 2.60 bits per heavy atom. The van der Waals surface area contributed by atoms with Gasteiger partial charge in [-0.15, -0.1) is 0 Å². The molecule has 7 nitrogen and oxygen atoms in total. The number of anilines is 1. The van der Waals surface area contributed by atoms with E-state index in [0.717, 1.165) is 22.4 Å². The van der Waals surface area contributed by atoms with Gasteiger partial charge in [0.05, 0.1) is 17.9 Å². The summed E-state index contributed by atoms with van der Waals surface area (Å²) in [5.41, 5.74) is 6.61. The first-order chi connectivity index (χ1) is 9.43. The minimum absolute atomic E-state index is 0.0805. The van der Waals surface area contributed by atoms with E-state index < -0.39 is 5.56 Å². The van der Waals surface area contributed by atoms with Gasteiger partial charge in [0.15, 0.2) is 0 Å². The third kappa shape index (κ3) is 2.52. The van der Waals surface area contributed by atoms with E-state index in [1.807, 2.05) is 19.9 Å². The molecule has 7 heteroatoms. The quantitative estimate of drug-likeness (QED) is 0.858. The highest BCUT2D eigenvalue weighted by atomic mass is 16.2. The van der Waals surface area contributed by atoms with Crippen LogP contribution >= 0.6 is 0 Å². The molecule has 0 atom stereocenters. The molecule has 2 aromatic heterocycles. The standard InChI is InChI=1S/C13H19N5O2/c1-4-5-17-8-11(14)12(19)18(13(17)20)7-10-6-9(2)15-16(10)3/h6,8H,4-5,7,14H2,1-3H3. The maximum atomic E-state index is 12.3. The zero-order valence-electron chi connectivity index (χ0n) is 12.0. The minimum atomic E-state index is -0.457. The van der Waals surface area contributed by atoms with E-state index in [-0.39, 0.29) is 17.9 Å². The Hall–Kier alpha value is -2.31. The molecule has 20 heavy (non-hydrogen) atoms. The van der Waals surface area contributed by atoms with Gasteiger partial charge in [-0.2, -0.15) is 5.10 Å². The summed E-state index contributed by atoms with van der Waals surface area (Å²) >= 11 is 0. The monoisotopic (exact) mass is 277 g/mol. The summed E-state index contributed by atoms with van der Waals surface area (Å²) in [6, 6.07) is 1.85. The number of nitrogen functional groups attached to an aromatic ring is 1. The van der Waals surface area contributed by atoms with E-state index >= 15 is 0 Å². The summed E-state index contributed by atoms with van der Waals surface area (Å²) in [6.45, 7) is 4.53. The molecule has 2 aromatic rings. The van der Waals surface area contributed by atoms with Crippen LogP contribution in [0.3, 0.4) is 0 Å². The van der Waals surface area contributed by atoms with E-state index in [0.29, 0.717) is 6.54 Å². The SMILES string of the molecule is CCCn1cc(N)c(=O)n(Cc2cc(C)nn2C)c1=O. The molecule has 0 spiro atoms. The summed E-state index contributed by atoms with van der Waals surface area (Å²) in [6.07, 6.45) is 2.21. The normalized spacial score (nSPS) is 10.9. The lowest BCUT2D eigenvalue weighted by atomic mass is 10.3. The van der Waals surface area contributed by atoms with Crippen LogP contribution in [0.5, 0.6) is 0 Å². The van der Waals surface area contributed by atoms with Gasteiger partial charge in [-0.1, -0.05) is 6.92 Å². The summed E-state index contributed by atoms with van der Waals surface area (Å²) in [7, 11) is 1.78. The zero-order chi connectivity index (χ0) is 14.9. The van der Waals surface area contributed by atoms with Gasteiger partial charge in [-0.05, 0) is 19.4 Å². The van der Waals surface area contributed by atoms with Crippen molar-refractivity contribution >= 4 is 5.69 Å². The van der Waals surface area contributed by atoms with E-state index in [2.05, 4.69) is 5.10 Å². The highest BCUT2D eigenvalue weighted by Crippen LogP contribution is 2.03. The first-order valence-electron chi connectivity index (χ1n) is 6.53. The molecule has 0 aromatic carbocycles. The highest BCUT2D eigenvalue weighted by molar-refractivity contribution is 5.31. The molecule has 0 aliphatic heterocycles. The maximum Gasteiger partial charge on any atom is 0.331 e. The summed E-state index contributed by atoms with van der Waals surface area (Å²) < 4.78 is 4.29. The second-order valence-corrected chi connectivity index (χ2v) is 4.85. The topological polar surface area (TPSA) is 87.8 Å². The number of nitrogens with two attached hydrogens (primary N) is 1. The number of aryl methyl sites for hydroxylation is 3. The predicted octanol–water partition coefficient (Wildman–Crippen LogP) is 0.0924. The van der Waals surface area contributed by atoms with Crippen molar-refractivity contribution in [3.05, 3.63) is 44.5 Å². The largest absolute Gasteiger partial charge is 0.393 e. The third-order valence-electron chi connectivity index (χ3n) is 3.15. The predicted molar refractivity (Wildman–Crippen MR) is 76.7 cm³/mol. The van der Waals surface area contributed by atoms with Crippen LogP contribution in [-0.4, -0.2) is 18.9 Å². The van der Waals surface area contributed by atoms with Gasteiger partial charge in [0.2, 0.25) is 0 Å². The number of hydrogen-bond donors (Lipinski definition) is 1. The van der Waals surface area contributed by atoms with Gasteiger partial charge in [0, 0.05) is 19.8 Å². The second-order valence-electron chi connectivity index (χ2n) is 4.85. The number of nitrogens with zero attached hydrogens (tertiary/aromatic N) is 4. The molecule has 0 radical (unpaired) electrons. The smallest absolute Gasteiger partial charge is 0.331 e. The van der Waals surface area contributed by atoms with Crippen molar-refractivity contribution in [3.8, 4) is 0 Å². The molecule has 0 saturated carbocycles. The molecule has 0 unspecified atom stereocenters. The van der Waals surface area contributed by atoms with Crippen molar-refractivity contribution < 1.29 is 0 Å². The molecule has 0 fully saturated rings. The fraction of sp³-hybridized carbons (Fsp3) is 0.462. The summed E-state index contributed by atoms with van der Waals surface area (Å²) in [5, 5.41) is 4.21. The van der Waals surface area contributed by atoms with Crippen molar-refractivity contribution in [3.63, 3.8) is 0 Å². The Labute approximate surface area is 116 Å². The van der Waals surface area contributed by atoms with E-state index in [1.54, 1.807) is 11.7 Å². The van der Waals surface area contributed by atoms with Crippen LogP contribution < -0.4 is 17.0 Å². The van der Waals surface area contributed by atoms with Crippen LogP contribution in [0.1, 0.15) is 24.7 Å². The summed E-state index contributed by atoms with van der Waals surface area (Å²) in [5.74, 6) is 0. The Bertz CT molecular complexity index is 738. The van der Waals surface area contributed by atoms with Crippen molar-refractivity contribution in [1.29, 1.82) is 0 Å². The lowest BCUT2D eigenvalue weighted by Crippen LogP contribution is -2.41. The molecule has 2 rings (SSSR count). The van der Waals surface area contributed by atoms with Gasteiger partial charge >= 0.3 is 5.69 Å². The zero-order valence-corrected chi connectivity index (χ0v) is 12.0. The average molecular weight is 277 g/mol. The lowest BCUT2D eigenvalue weighted by molar-refractivity contribution is 0.557. The fourth-order valence-electron chi connectivity index (χ4n) is 2.19. The molecular weight excluding hydrogens is 258 g/mol. The lowest BCUT2D eigenvalue weighted by Gasteiger charge is -2.10. The van der Waals surface area contributed by atoms with Gasteiger partial charge in [-0.25, -0.2) is 4.79 Å². The molecule has 0 saturated heterocycles. The van der Waals surface area contributed by atoms with Gasteiger partial charge in [-0.3, -0.25) is 18.6 Å². The van der Waals surface area contributed by atoms with E-state index in [9.17, 15) is 9.59 Å². The Balaban J connectivity index is 2.53. The Morgan fingerprint density at radius 2 is 2.05 bits per heavy atom. The Morgan fingerprint density at radius 1 is 1.35 bits per heavy atom. The van der Waals surface area contributed by atoms with Crippen molar-refractivity contribution in [1.82, 2.24) is 18.9 Å². The number of rotatable bonds is 4. The maximum absolute atomic E-state index is 12.3. The first-order valence-corrected chi connectivity index (χ1v) is 6.53. The second kappa shape index (κ2) is 5.36. The Kier molecular flexibility index (Phi) is 3.78. The molecular formula is C13H19N5O2. The molecule has 108 valence electrons. The molecule has 2 heterocycles. The third-order valence-corrected chi connectivity index (χ3v) is 3.15. The molecule has 2 N–H and O–H groups in total. The van der Waals surface area contributed by atoms with Crippen LogP contribution in [0.4, 0.5) is 5.69 Å². The fourth-order valence-corrected chi connectivity index (χ4v) is 2.19. The van der Waals surface area contributed by atoms with Gasteiger partial charge in [0.25, 0.3) is 5.56 Å². The van der Waals surface area contributed by atoms with E-state index in [1.165, 1.54) is 10.8 Å². The van der Waals surface area contributed by atoms with E-state index in [4.69, 9.17) is 5.73 Å². The molecule has 0 bridgehead atoms. The molecule has 0 aliphatic rings. The van der Waals surface area contributed by atoms with Crippen molar-refractivity contribution in [2.75, 3.05) is 5.73 Å². The van der Waals surface area contributed by atoms with Crippen LogP contribution in [0.15, 0.2) is 21.9 Å². The van der Waals surface area contributed by atoms with Crippen LogP contribution in [-0.2, 0) is 20.1 Å².